The maximum absolute atomic E-state index is 10.1. The zero-order chi connectivity index (χ0) is 13.0. The van der Waals surface area contributed by atoms with Crippen molar-refractivity contribution >= 4 is 28.1 Å². The molecule has 1 aromatic heterocycles. The summed E-state index contributed by atoms with van der Waals surface area (Å²) >= 11 is 7.40. The van der Waals surface area contributed by atoms with Crippen LogP contribution in [0.15, 0.2) is 29.8 Å². The van der Waals surface area contributed by atoms with Gasteiger partial charge in [-0.25, -0.2) is 4.98 Å². The number of aromatic nitrogens is 1. The standard InChI is InChI=1S/C12H13ClN2O2S/c1-17-11-3-2-8(13)6-9(11)10(16)7-15-12-14-4-5-18-12/h2-6,10,16H,7H2,1H3,(H,14,15). The number of nitrogens with zero attached hydrogens (tertiary/aromatic N) is 1. The molecule has 2 rings (SSSR count). The molecule has 2 aromatic rings. The molecule has 1 atom stereocenters. The van der Waals surface area contributed by atoms with Gasteiger partial charge in [-0.15, -0.1) is 11.3 Å². The summed E-state index contributed by atoms with van der Waals surface area (Å²) in [6, 6.07) is 5.17. The van der Waals surface area contributed by atoms with Crippen molar-refractivity contribution in [3.63, 3.8) is 0 Å². The summed E-state index contributed by atoms with van der Waals surface area (Å²) < 4.78 is 5.20. The van der Waals surface area contributed by atoms with Crippen LogP contribution in [-0.4, -0.2) is 23.7 Å². The van der Waals surface area contributed by atoms with Gasteiger partial charge in [0.05, 0.1) is 13.2 Å². The van der Waals surface area contributed by atoms with Gasteiger partial charge in [0, 0.05) is 28.7 Å². The second-order valence-electron chi connectivity index (χ2n) is 3.62. The number of thiazole rings is 1. The van der Waals surface area contributed by atoms with Crippen LogP contribution in [0.3, 0.4) is 0 Å². The first-order chi connectivity index (χ1) is 8.70. The number of halogens is 1. The summed E-state index contributed by atoms with van der Waals surface area (Å²) in [5, 5.41) is 16.4. The monoisotopic (exact) mass is 284 g/mol. The van der Waals surface area contributed by atoms with E-state index in [1.54, 1.807) is 31.5 Å². The Labute approximate surface area is 114 Å². The lowest BCUT2D eigenvalue weighted by molar-refractivity contribution is 0.187. The van der Waals surface area contributed by atoms with Gasteiger partial charge < -0.3 is 15.2 Å². The lowest BCUT2D eigenvalue weighted by Gasteiger charge is -2.15. The number of ether oxygens (including phenoxy) is 1. The molecule has 0 aliphatic rings. The Hall–Kier alpha value is -1.30. The van der Waals surface area contributed by atoms with E-state index in [0.717, 1.165) is 5.13 Å². The number of benzene rings is 1. The molecule has 0 saturated carbocycles. The highest BCUT2D eigenvalue weighted by Gasteiger charge is 2.14. The van der Waals surface area contributed by atoms with E-state index in [2.05, 4.69) is 10.3 Å². The molecule has 1 heterocycles. The minimum atomic E-state index is -0.706. The van der Waals surface area contributed by atoms with Crippen LogP contribution in [0.4, 0.5) is 5.13 Å². The second-order valence-corrected chi connectivity index (χ2v) is 4.95. The average molecular weight is 285 g/mol. The van der Waals surface area contributed by atoms with Gasteiger partial charge in [0.15, 0.2) is 5.13 Å². The van der Waals surface area contributed by atoms with E-state index >= 15 is 0 Å². The minimum Gasteiger partial charge on any atom is -0.496 e. The van der Waals surface area contributed by atoms with Crippen LogP contribution in [0.25, 0.3) is 0 Å². The van der Waals surface area contributed by atoms with Gasteiger partial charge in [0.25, 0.3) is 0 Å². The molecule has 0 bridgehead atoms. The first-order valence-corrected chi connectivity index (χ1v) is 6.61. The fourth-order valence-electron chi connectivity index (χ4n) is 1.57. The fraction of sp³-hybridized carbons (Fsp3) is 0.250. The predicted octanol–water partition coefficient (Wildman–Crippen LogP) is 2.95. The normalized spacial score (nSPS) is 12.2. The number of rotatable bonds is 5. The van der Waals surface area contributed by atoms with Crippen molar-refractivity contribution in [2.24, 2.45) is 0 Å². The van der Waals surface area contributed by atoms with Gasteiger partial charge >= 0.3 is 0 Å². The maximum Gasteiger partial charge on any atom is 0.182 e. The van der Waals surface area contributed by atoms with Crippen molar-refractivity contribution in [1.29, 1.82) is 0 Å². The van der Waals surface area contributed by atoms with Gasteiger partial charge in [0.1, 0.15) is 5.75 Å². The molecule has 0 amide bonds. The molecular weight excluding hydrogens is 272 g/mol. The predicted molar refractivity (Wildman–Crippen MR) is 73.6 cm³/mol. The van der Waals surface area contributed by atoms with E-state index in [0.29, 0.717) is 22.9 Å². The van der Waals surface area contributed by atoms with Crippen LogP contribution < -0.4 is 10.1 Å². The van der Waals surface area contributed by atoms with E-state index in [4.69, 9.17) is 16.3 Å². The average Bonchev–Trinajstić information content (AvgIpc) is 2.89. The number of aliphatic hydroxyl groups is 1. The number of nitrogens with one attached hydrogen (secondary N) is 1. The molecule has 1 aromatic carbocycles. The van der Waals surface area contributed by atoms with Crippen LogP contribution >= 0.6 is 22.9 Å². The van der Waals surface area contributed by atoms with Crippen LogP contribution in [0.1, 0.15) is 11.7 Å². The summed E-state index contributed by atoms with van der Waals surface area (Å²) in [4.78, 5) is 4.08. The molecule has 96 valence electrons. The summed E-state index contributed by atoms with van der Waals surface area (Å²) in [5.74, 6) is 0.618. The highest BCUT2D eigenvalue weighted by atomic mass is 35.5. The fourth-order valence-corrected chi connectivity index (χ4v) is 2.29. The van der Waals surface area contributed by atoms with Crippen molar-refractivity contribution in [3.8, 4) is 5.75 Å². The Morgan fingerprint density at radius 2 is 2.39 bits per heavy atom. The number of hydrogen-bond acceptors (Lipinski definition) is 5. The highest BCUT2D eigenvalue weighted by Crippen LogP contribution is 2.28. The van der Waals surface area contributed by atoms with Crippen LogP contribution in [0, 0.1) is 0 Å². The van der Waals surface area contributed by atoms with E-state index in [1.165, 1.54) is 11.3 Å². The number of aliphatic hydroxyl groups excluding tert-OH is 1. The van der Waals surface area contributed by atoms with Crippen molar-refractivity contribution in [1.82, 2.24) is 4.98 Å². The van der Waals surface area contributed by atoms with Crippen LogP contribution in [0.2, 0.25) is 5.02 Å². The van der Waals surface area contributed by atoms with E-state index < -0.39 is 6.10 Å². The smallest absolute Gasteiger partial charge is 0.182 e. The lowest BCUT2D eigenvalue weighted by Crippen LogP contribution is -2.13. The third kappa shape index (κ3) is 3.13. The van der Waals surface area contributed by atoms with E-state index in [-0.39, 0.29) is 0 Å². The maximum atomic E-state index is 10.1. The molecule has 6 heteroatoms. The first kappa shape index (κ1) is 13.1. The molecular formula is C12H13ClN2O2S. The molecule has 2 N–H and O–H groups in total. The molecule has 0 spiro atoms. The van der Waals surface area contributed by atoms with Crippen LogP contribution in [0.5, 0.6) is 5.75 Å². The summed E-state index contributed by atoms with van der Waals surface area (Å²) in [7, 11) is 1.56. The van der Waals surface area contributed by atoms with Gasteiger partial charge in [-0.1, -0.05) is 11.6 Å². The van der Waals surface area contributed by atoms with Crippen LogP contribution in [-0.2, 0) is 0 Å². The molecule has 0 radical (unpaired) electrons. The Kier molecular flexibility index (Phi) is 4.41. The Balaban J connectivity index is 2.08. The number of anilines is 1. The molecule has 0 aliphatic heterocycles. The molecule has 1 unspecified atom stereocenters. The Bertz CT molecular complexity index is 505. The second kappa shape index (κ2) is 6.04. The Morgan fingerprint density at radius 3 is 3.06 bits per heavy atom. The zero-order valence-corrected chi connectivity index (χ0v) is 11.3. The van der Waals surface area contributed by atoms with E-state index in [1.807, 2.05) is 5.38 Å². The topological polar surface area (TPSA) is 54.4 Å². The van der Waals surface area contributed by atoms with Crippen molar-refractivity contribution in [2.75, 3.05) is 19.0 Å². The Morgan fingerprint density at radius 1 is 1.56 bits per heavy atom. The zero-order valence-electron chi connectivity index (χ0n) is 9.76. The van der Waals surface area contributed by atoms with E-state index in [9.17, 15) is 5.11 Å². The lowest BCUT2D eigenvalue weighted by atomic mass is 10.1. The molecule has 0 aliphatic carbocycles. The molecule has 0 saturated heterocycles. The van der Waals surface area contributed by atoms with Gasteiger partial charge in [0.2, 0.25) is 0 Å². The quantitative estimate of drug-likeness (QED) is 0.886. The van der Waals surface area contributed by atoms with Crippen molar-refractivity contribution in [2.45, 2.75) is 6.10 Å². The number of methoxy groups -OCH3 is 1. The summed E-state index contributed by atoms with van der Waals surface area (Å²) in [6.45, 7) is 0.351. The summed E-state index contributed by atoms with van der Waals surface area (Å²) in [5.41, 5.74) is 0.661. The largest absolute Gasteiger partial charge is 0.496 e. The third-order valence-corrected chi connectivity index (χ3v) is 3.40. The van der Waals surface area contributed by atoms with Gasteiger partial charge in [-0.2, -0.15) is 0 Å². The summed E-state index contributed by atoms with van der Waals surface area (Å²) in [6.07, 6.45) is 1.00. The van der Waals surface area contributed by atoms with Crippen molar-refractivity contribution in [3.05, 3.63) is 40.4 Å². The first-order valence-electron chi connectivity index (χ1n) is 5.35. The molecule has 0 fully saturated rings. The van der Waals surface area contributed by atoms with Gasteiger partial charge in [-0.3, -0.25) is 0 Å². The van der Waals surface area contributed by atoms with Gasteiger partial charge in [-0.05, 0) is 18.2 Å². The van der Waals surface area contributed by atoms with Crippen molar-refractivity contribution < 1.29 is 9.84 Å². The highest BCUT2D eigenvalue weighted by molar-refractivity contribution is 7.13. The molecule has 18 heavy (non-hydrogen) atoms. The third-order valence-electron chi connectivity index (χ3n) is 2.43. The SMILES string of the molecule is COc1ccc(Cl)cc1C(O)CNc1nccs1. The number of hydrogen-bond donors (Lipinski definition) is 2. The molecule has 4 nitrogen and oxygen atoms in total. The minimum absolute atomic E-state index is 0.351.